The molecule has 3 rings (SSSR count). The van der Waals surface area contributed by atoms with Crippen LogP contribution < -0.4 is 10.6 Å². The number of rotatable bonds is 8. The predicted octanol–water partition coefficient (Wildman–Crippen LogP) is 3.54. The van der Waals surface area contributed by atoms with Crippen LogP contribution in [0.3, 0.4) is 0 Å². The molecule has 2 aliphatic rings. The molecule has 2 atom stereocenters. The summed E-state index contributed by atoms with van der Waals surface area (Å²) in [6.45, 7) is 9.11. The maximum absolute atomic E-state index is 4.46. The molecule has 2 N–H and O–H groups in total. The normalized spacial score (nSPS) is 21.0. The largest absolute Gasteiger partial charge is 0.355 e. The zero-order valence-electron chi connectivity index (χ0n) is 16.8. The Morgan fingerprint density at radius 3 is 2.26 bits per heavy atom. The first-order valence-corrected chi connectivity index (χ1v) is 11.2. The highest BCUT2D eigenvalue weighted by Crippen LogP contribution is 2.27. The number of halogens is 1. The predicted molar refractivity (Wildman–Crippen MR) is 128 cm³/mol. The number of nitrogens with one attached hydrogen (secondary N) is 2. The van der Waals surface area contributed by atoms with Crippen molar-refractivity contribution in [2.75, 3.05) is 46.3 Å². The molecule has 2 fully saturated rings. The van der Waals surface area contributed by atoms with E-state index >= 15 is 0 Å². The minimum atomic E-state index is 0. The average Bonchev–Trinajstić information content (AvgIpc) is 3.44. The number of guanidine groups is 1. The van der Waals surface area contributed by atoms with Crippen LogP contribution in [0.5, 0.6) is 0 Å². The smallest absolute Gasteiger partial charge is 0.191 e. The van der Waals surface area contributed by atoms with Crippen LogP contribution in [0.4, 0.5) is 0 Å². The van der Waals surface area contributed by atoms with Gasteiger partial charge in [-0.3, -0.25) is 14.8 Å². The number of nitrogens with zero attached hydrogens (tertiary/aromatic N) is 3. The number of thiophene rings is 1. The summed E-state index contributed by atoms with van der Waals surface area (Å²) >= 11 is 1.87. The van der Waals surface area contributed by atoms with Crippen LogP contribution in [0.2, 0.25) is 0 Å². The molecular formula is C20H36IN5S. The first-order chi connectivity index (χ1) is 12.8. The van der Waals surface area contributed by atoms with Gasteiger partial charge in [-0.05, 0) is 69.7 Å². The second kappa shape index (κ2) is 12.2. The summed E-state index contributed by atoms with van der Waals surface area (Å²) in [5.74, 6) is 0.934. The van der Waals surface area contributed by atoms with Crippen molar-refractivity contribution in [2.45, 2.75) is 51.1 Å². The van der Waals surface area contributed by atoms with Crippen LogP contribution in [0.1, 0.15) is 49.9 Å². The highest BCUT2D eigenvalue weighted by Gasteiger charge is 2.25. The summed E-state index contributed by atoms with van der Waals surface area (Å²) in [5.41, 5.74) is 0. The van der Waals surface area contributed by atoms with Crippen LogP contribution in [0, 0.1) is 0 Å². The van der Waals surface area contributed by atoms with Gasteiger partial charge in [0.25, 0.3) is 0 Å². The second-order valence-electron chi connectivity index (χ2n) is 7.41. The molecule has 0 aromatic carbocycles. The molecule has 3 heterocycles. The zero-order valence-corrected chi connectivity index (χ0v) is 20.0. The van der Waals surface area contributed by atoms with Gasteiger partial charge in [-0.15, -0.1) is 35.3 Å². The zero-order chi connectivity index (χ0) is 18.2. The molecule has 154 valence electrons. The molecule has 0 spiro atoms. The highest BCUT2D eigenvalue weighted by atomic mass is 127. The van der Waals surface area contributed by atoms with Gasteiger partial charge in [0, 0.05) is 31.1 Å². The lowest BCUT2D eigenvalue weighted by Crippen LogP contribution is -2.47. The number of aliphatic imine (C=N–C) groups is 1. The summed E-state index contributed by atoms with van der Waals surface area (Å²) < 4.78 is 0. The van der Waals surface area contributed by atoms with Crippen LogP contribution in [0.25, 0.3) is 0 Å². The average molecular weight is 506 g/mol. The second-order valence-corrected chi connectivity index (χ2v) is 8.39. The molecule has 27 heavy (non-hydrogen) atoms. The van der Waals surface area contributed by atoms with Crippen LogP contribution >= 0.6 is 35.3 Å². The SMILES string of the molecule is CCC(CNC(=NC)NCC(c1cccs1)N1CCCC1)N1CCCC1.I. The highest BCUT2D eigenvalue weighted by molar-refractivity contribution is 14.0. The Labute approximate surface area is 186 Å². The summed E-state index contributed by atoms with van der Waals surface area (Å²) in [7, 11) is 1.88. The lowest BCUT2D eigenvalue weighted by molar-refractivity contribution is 0.235. The van der Waals surface area contributed by atoms with Crippen LogP contribution in [-0.2, 0) is 0 Å². The maximum atomic E-state index is 4.46. The topological polar surface area (TPSA) is 42.9 Å². The fraction of sp³-hybridized carbons (Fsp3) is 0.750. The van der Waals surface area contributed by atoms with Crippen molar-refractivity contribution in [1.82, 2.24) is 20.4 Å². The summed E-state index contributed by atoms with van der Waals surface area (Å²) in [5, 5.41) is 9.35. The molecule has 2 unspecified atom stereocenters. The Bertz CT molecular complexity index is 539. The third kappa shape index (κ3) is 6.58. The van der Waals surface area contributed by atoms with Gasteiger partial charge in [-0.25, -0.2) is 0 Å². The van der Waals surface area contributed by atoms with E-state index in [9.17, 15) is 0 Å². The van der Waals surface area contributed by atoms with Crippen molar-refractivity contribution in [3.8, 4) is 0 Å². The van der Waals surface area contributed by atoms with Crippen molar-refractivity contribution in [1.29, 1.82) is 0 Å². The molecule has 0 saturated carbocycles. The minimum Gasteiger partial charge on any atom is -0.355 e. The van der Waals surface area contributed by atoms with E-state index < -0.39 is 0 Å². The van der Waals surface area contributed by atoms with E-state index in [1.165, 1.54) is 63.2 Å². The van der Waals surface area contributed by atoms with Gasteiger partial charge in [0.15, 0.2) is 5.96 Å². The molecule has 0 radical (unpaired) electrons. The molecule has 0 aliphatic carbocycles. The van der Waals surface area contributed by atoms with Gasteiger partial charge in [0.1, 0.15) is 0 Å². The Morgan fingerprint density at radius 2 is 1.70 bits per heavy atom. The Kier molecular flexibility index (Phi) is 10.4. The molecule has 2 saturated heterocycles. The molecule has 0 bridgehead atoms. The van der Waals surface area contributed by atoms with Crippen LogP contribution in [0.15, 0.2) is 22.5 Å². The van der Waals surface area contributed by atoms with E-state index in [1.807, 2.05) is 18.4 Å². The third-order valence-electron chi connectivity index (χ3n) is 5.77. The fourth-order valence-corrected chi connectivity index (χ4v) is 5.07. The minimum absolute atomic E-state index is 0. The van der Waals surface area contributed by atoms with E-state index in [4.69, 9.17) is 0 Å². The van der Waals surface area contributed by atoms with Gasteiger partial charge >= 0.3 is 0 Å². The van der Waals surface area contributed by atoms with Crippen LogP contribution in [-0.4, -0.2) is 68.1 Å². The monoisotopic (exact) mass is 505 g/mol. The standard InChI is InChI=1S/C20H35N5S.HI/c1-3-17(24-10-4-5-11-24)15-22-20(21-2)23-16-18(19-9-8-14-26-19)25-12-6-7-13-25;/h8-9,14,17-18H,3-7,10-13,15-16H2,1-2H3,(H2,21,22,23);1H. The molecule has 2 aliphatic heterocycles. The summed E-state index contributed by atoms with van der Waals surface area (Å²) in [4.78, 5) is 11.2. The van der Waals surface area contributed by atoms with Crippen molar-refractivity contribution >= 4 is 41.3 Å². The number of hydrogen-bond donors (Lipinski definition) is 2. The lowest BCUT2D eigenvalue weighted by Gasteiger charge is -2.29. The van der Waals surface area contributed by atoms with Crippen molar-refractivity contribution in [2.24, 2.45) is 4.99 Å². The fourth-order valence-electron chi connectivity index (χ4n) is 4.21. The number of hydrogen-bond acceptors (Lipinski definition) is 4. The third-order valence-corrected chi connectivity index (χ3v) is 6.75. The maximum Gasteiger partial charge on any atom is 0.191 e. The van der Waals surface area contributed by atoms with Gasteiger partial charge < -0.3 is 10.6 Å². The van der Waals surface area contributed by atoms with Crippen molar-refractivity contribution in [3.05, 3.63) is 22.4 Å². The Balaban J connectivity index is 0.00000261. The Hall–Kier alpha value is -0.380. The van der Waals surface area contributed by atoms with Gasteiger partial charge in [-0.2, -0.15) is 0 Å². The van der Waals surface area contributed by atoms with Gasteiger partial charge in [0.05, 0.1) is 6.04 Å². The number of likely N-dealkylation sites (tertiary alicyclic amines) is 2. The van der Waals surface area contributed by atoms with E-state index in [2.05, 4.69) is 49.9 Å². The van der Waals surface area contributed by atoms with E-state index in [0.29, 0.717) is 12.1 Å². The molecule has 0 amide bonds. The van der Waals surface area contributed by atoms with Crippen molar-refractivity contribution < 1.29 is 0 Å². The van der Waals surface area contributed by atoms with Gasteiger partial charge in [0.2, 0.25) is 0 Å². The van der Waals surface area contributed by atoms with Crippen molar-refractivity contribution in [3.63, 3.8) is 0 Å². The lowest BCUT2D eigenvalue weighted by atomic mass is 10.2. The Morgan fingerprint density at radius 1 is 1.07 bits per heavy atom. The van der Waals surface area contributed by atoms with E-state index in [-0.39, 0.29) is 24.0 Å². The first kappa shape index (κ1) is 22.9. The first-order valence-electron chi connectivity index (χ1n) is 10.3. The van der Waals surface area contributed by atoms with E-state index in [0.717, 1.165) is 19.0 Å². The molecular weight excluding hydrogens is 469 g/mol. The van der Waals surface area contributed by atoms with E-state index in [1.54, 1.807) is 0 Å². The summed E-state index contributed by atoms with van der Waals surface area (Å²) in [6.07, 6.45) is 6.53. The van der Waals surface area contributed by atoms with Gasteiger partial charge in [-0.1, -0.05) is 13.0 Å². The quantitative estimate of drug-likeness (QED) is 0.322. The summed E-state index contributed by atoms with van der Waals surface area (Å²) in [6, 6.07) is 5.50. The molecule has 7 heteroatoms. The molecule has 5 nitrogen and oxygen atoms in total. The molecule has 1 aromatic rings. The molecule has 1 aromatic heterocycles.